The highest BCUT2D eigenvalue weighted by Gasteiger charge is 2.44. The van der Waals surface area contributed by atoms with E-state index in [0.717, 1.165) is 0 Å². The number of carbonyl (C=O) groups is 2. The number of aliphatic hydroxyl groups is 1. The third-order valence-electron chi connectivity index (χ3n) is 5.43. The molecular formula is C21H30FN3O5. The van der Waals surface area contributed by atoms with Crippen LogP contribution >= 0.6 is 0 Å². The molecule has 0 spiro atoms. The van der Waals surface area contributed by atoms with Crippen molar-refractivity contribution in [3.8, 4) is 5.75 Å². The van der Waals surface area contributed by atoms with Gasteiger partial charge < -0.3 is 30.1 Å². The van der Waals surface area contributed by atoms with Gasteiger partial charge in [0.2, 0.25) is 5.91 Å². The smallest absolute Gasteiger partial charge is 0.410 e. The van der Waals surface area contributed by atoms with Gasteiger partial charge in [0.1, 0.15) is 29.4 Å². The monoisotopic (exact) mass is 423 g/mol. The normalized spacial score (nSPS) is 24.1. The van der Waals surface area contributed by atoms with Crippen LogP contribution in [0.1, 0.15) is 39.2 Å². The number of carbonyl (C=O) groups excluding carboxylic acids is 2. The van der Waals surface area contributed by atoms with E-state index in [1.165, 1.54) is 12.1 Å². The van der Waals surface area contributed by atoms with Gasteiger partial charge in [-0.3, -0.25) is 4.79 Å². The zero-order valence-corrected chi connectivity index (χ0v) is 17.9. The van der Waals surface area contributed by atoms with Gasteiger partial charge in [-0.25, -0.2) is 9.18 Å². The van der Waals surface area contributed by atoms with Crippen molar-refractivity contribution in [2.24, 2.45) is 0 Å². The molecule has 0 aromatic heterocycles. The van der Waals surface area contributed by atoms with Gasteiger partial charge in [-0.15, -0.1) is 0 Å². The first-order valence-corrected chi connectivity index (χ1v) is 10.1. The lowest BCUT2D eigenvalue weighted by Crippen LogP contribution is -2.64. The highest BCUT2D eigenvalue weighted by molar-refractivity contribution is 5.94. The molecule has 1 saturated heterocycles. The second kappa shape index (κ2) is 8.39. The molecule has 2 heterocycles. The molecule has 30 heavy (non-hydrogen) atoms. The van der Waals surface area contributed by atoms with Crippen molar-refractivity contribution in [3.63, 3.8) is 0 Å². The first-order valence-electron chi connectivity index (χ1n) is 10.1. The van der Waals surface area contributed by atoms with Gasteiger partial charge in [0.15, 0.2) is 0 Å². The average Bonchev–Trinajstić information content (AvgIpc) is 2.66. The van der Waals surface area contributed by atoms with E-state index in [2.05, 4.69) is 10.6 Å². The summed E-state index contributed by atoms with van der Waals surface area (Å²) in [4.78, 5) is 25.5. The first kappa shape index (κ1) is 22.3. The number of hydrogen-bond acceptors (Lipinski definition) is 6. The Morgan fingerprint density at radius 3 is 2.80 bits per heavy atom. The van der Waals surface area contributed by atoms with E-state index in [1.54, 1.807) is 32.7 Å². The number of piperidine rings is 1. The molecule has 2 aliphatic rings. The van der Waals surface area contributed by atoms with Gasteiger partial charge in [0.25, 0.3) is 0 Å². The summed E-state index contributed by atoms with van der Waals surface area (Å²) in [5.41, 5.74) is -1.10. The van der Waals surface area contributed by atoms with Crippen LogP contribution in [0, 0.1) is 5.82 Å². The van der Waals surface area contributed by atoms with Gasteiger partial charge in [-0.1, -0.05) is 0 Å². The summed E-state index contributed by atoms with van der Waals surface area (Å²) in [6, 6.07) is 2.32. The molecule has 1 aromatic carbocycles. The fraction of sp³-hybridized carbons (Fsp3) is 0.619. The number of nitrogens with one attached hydrogen (secondary N) is 2. The second-order valence-electron chi connectivity index (χ2n) is 8.86. The average molecular weight is 423 g/mol. The maximum Gasteiger partial charge on any atom is 0.410 e. The number of likely N-dealkylation sites (N-methyl/N-ethyl adjacent to an activating group) is 1. The summed E-state index contributed by atoms with van der Waals surface area (Å²) in [6.45, 7) is 5.97. The quantitative estimate of drug-likeness (QED) is 0.686. The van der Waals surface area contributed by atoms with Crippen molar-refractivity contribution in [3.05, 3.63) is 23.5 Å². The molecule has 3 rings (SSSR count). The molecule has 9 heteroatoms. The summed E-state index contributed by atoms with van der Waals surface area (Å²) < 4.78 is 25.4. The SMILES string of the molecule is CN[C@@H]1CN(C(=O)OC(C)(C)C)CC[C@]1(O)COc1ccc(F)c2c1CCC(=O)N2. The van der Waals surface area contributed by atoms with Crippen molar-refractivity contribution >= 4 is 17.7 Å². The Kier molecular flexibility index (Phi) is 6.24. The van der Waals surface area contributed by atoms with Crippen LogP contribution in [0.3, 0.4) is 0 Å². The molecule has 0 bridgehead atoms. The fourth-order valence-electron chi connectivity index (χ4n) is 3.77. The fourth-order valence-corrected chi connectivity index (χ4v) is 3.77. The molecule has 0 aliphatic carbocycles. The highest BCUT2D eigenvalue weighted by atomic mass is 19.1. The Balaban J connectivity index is 1.69. The molecule has 166 valence electrons. The Labute approximate surface area is 175 Å². The maximum absolute atomic E-state index is 14.1. The lowest BCUT2D eigenvalue weighted by atomic mass is 9.87. The zero-order chi connectivity index (χ0) is 22.1. The van der Waals surface area contributed by atoms with Gasteiger partial charge in [-0.05, 0) is 52.8 Å². The second-order valence-corrected chi connectivity index (χ2v) is 8.86. The van der Waals surface area contributed by atoms with Crippen LogP contribution in [-0.2, 0) is 16.0 Å². The topological polar surface area (TPSA) is 100 Å². The molecule has 8 nitrogen and oxygen atoms in total. The number of nitrogens with zero attached hydrogens (tertiary/aromatic N) is 1. The van der Waals surface area contributed by atoms with Crippen molar-refractivity contribution in [1.29, 1.82) is 0 Å². The van der Waals surface area contributed by atoms with Crippen LogP contribution in [0.15, 0.2) is 12.1 Å². The van der Waals surface area contributed by atoms with Crippen LogP contribution < -0.4 is 15.4 Å². The molecule has 0 unspecified atom stereocenters. The third kappa shape index (κ3) is 4.84. The Morgan fingerprint density at radius 2 is 2.13 bits per heavy atom. The number of fused-ring (bicyclic) bond motifs is 1. The Morgan fingerprint density at radius 1 is 1.40 bits per heavy atom. The summed E-state index contributed by atoms with van der Waals surface area (Å²) >= 11 is 0. The Hall–Kier alpha value is -2.39. The van der Waals surface area contributed by atoms with Gasteiger partial charge in [0, 0.05) is 25.1 Å². The Bertz CT molecular complexity index is 826. The van der Waals surface area contributed by atoms with E-state index in [9.17, 15) is 19.1 Å². The van der Waals surface area contributed by atoms with Crippen molar-refractivity contribution in [2.45, 2.75) is 57.3 Å². The summed E-state index contributed by atoms with van der Waals surface area (Å²) in [6.07, 6.45) is 0.488. The van der Waals surface area contributed by atoms with Crippen molar-refractivity contribution in [1.82, 2.24) is 10.2 Å². The van der Waals surface area contributed by atoms with E-state index >= 15 is 0 Å². The molecule has 0 saturated carbocycles. The van der Waals surface area contributed by atoms with Crippen LogP contribution in [-0.4, -0.2) is 66.0 Å². The van der Waals surface area contributed by atoms with E-state index < -0.39 is 29.2 Å². The molecule has 2 atom stereocenters. The van der Waals surface area contributed by atoms with E-state index in [4.69, 9.17) is 9.47 Å². The third-order valence-corrected chi connectivity index (χ3v) is 5.43. The minimum absolute atomic E-state index is 0.0350. The van der Waals surface area contributed by atoms with E-state index in [0.29, 0.717) is 24.3 Å². The lowest BCUT2D eigenvalue weighted by Gasteiger charge is -2.44. The number of hydrogen-bond donors (Lipinski definition) is 3. The van der Waals surface area contributed by atoms with Gasteiger partial charge in [-0.2, -0.15) is 0 Å². The number of rotatable bonds is 4. The molecular weight excluding hydrogens is 393 g/mol. The number of ether oxygens (including phenoxy) is 2. The van der Waals surface area contributed by atoms with Crippen LogP contribution in [0.2, 0.25) is 0 Å². The summed E-state index contributed by atoms with van der Waals surface area (Å²) in [5, 5.41) is 16.8. The molecule has 1 aromatic rings. The highest BCUT2D eigenvalue weighted by Crippen LogP contribution is 2.35. The van der Waals surface area contributed by atoms with Crippen LogP contribution in [0.5, 0.6) is 5.75 Å². The first-order chi connectivity index (χ1) is 14.0. The lowest BCUT2D eigenvalue weighted by molar-refractivity contribution is -0.116. The van der Waals surface area contributed by atoms with Gasteiger partial charge in [0.05, 0.1) is 11.7 Å². The zero-order valence-electron chi connectivity index (χ0n) is 17.9. The van der Waals surface area contributed by atoms with Crippen LogP contribution in [0.4, 0.5) is 14.9 Å². The molecule has 2 amide bonds. The number of anilines is 1. The molecule has 1 fully saturated rings. The summed E-state index contributed by atoms with van der Waals surface area (Å²) in [7, 11) is 1.71. The molecule has 0 radical (unpaired) electrons. The maximum atomic E-state index is 14.1. The van der Waals surface area contributed by atoms with Crippen molar-refractivity contribution < 1.29 is 28.6 Å². The van der Waals surface area contributed by atoms with E-state index in [-0.39, 0.29) is 37.6 Å². The largest absolute Gasteiger partial charge is 0.490 e. The minimum atomic E-state index is -1.23. The predicted molar refractivity (Wildman–Crippen MR) is 109 cm³/mol. The van der Waals surface area contributed by atoms with E-state index in [1.807, 2.05) is 0 Å². The number of likely N-dealkylation sites (tertiary alicyclic amines) is 1. The standard InChI is InChI=1S/C21H30FN3O5/c1-20(2,3)30-19(27)25-10-9-21(28,16(11-25)23-4)12-29-15-7-6-14(22)18-13(15)5-8-17(26)24-18/h6-7,16,23,28H,5,8-12H2,1-4H3,(H,24,26)/t16-,21+/m1/s1. The summed E-state index contributed by atoms with van der Waals surface area (Å²) in [5.74, 6) is -0.311. The predicted octanol–water partition coefficient (Wildman–Crippen LogP) is 2.05. The number of halogens is 1. The minimum Gasteiger partial charge on any atom is -0.490 e. The number of benzene rings is 1. The number of amides is 2. The van der Waals surface area contributed by atoms with Gasteiger partial charge >= 0.3 is 6.09 Å². The van der Waals surface area contributed by atoms with Crippen LogP contribution in [0.25, 0.3) is 0 Å². The molecule has 3 N–H and O–H groups in total. The van der Waals surface area contributed by atoms with Crippen molar-refractivity contribution in [2.75, 3.05) is 32.1 Å². The molecule has 2 aliphatic heterocycles.